The van der Waals surface area contributed by atoms with Gasteiger partial charge >= 0.3 is 0 Å². The van der Waals surface area contributed by atoms with Gasteiger partial charge in [0.05, 0.1) is 48.8 Å². The molecule has 7 rings (SSSR count). The lowest BCUT2D eigenvalue weighted by Crippen LogP contribution is -2.46. The van der Waals surface area contributed by atoms with Gasteiger partial charge in [0.1, 0.15) is 0 Å². The van der Waals surface area contributed by atoms with Gasteiger partial charge in [-0.05, 0) is 48.6 Å². The first-order valence-corrected chi connectivity index (χ1v) is 15.3. The molecule has 0 fully saturated rings. The molecule has 0 saturated carbocycles. The number of benzene rings is 2. The number of rotatable bonds is 3. The summed E-state index contributed by atoms with van der Waals surface area (Å²) < 4.78 is 102. The van der Waals surface area contributed by atoms with E-state index < -0.39 is 42.4 Å². The van der Waals surface area contributed by atoms with Crippen LogP contribution < -0.4 is 4.90 Å². The zero-order valence-electron chi connectivity index (χ0n) is 19.1. The van der Waals surface area contributed by atoms with Crippen LogP contribution >= 0.6 is 0 Å². The highest BCUT2D eigenvalue weighted by molar-refractivity contribution is 7.90. The Kier molecular flexibility index (Phi) is 4.56. The largest absolute Gasteiger partial charge is 0.294 e. The first-order valence-electron chi connectivity index (χ1n) is 11.0. The molecule has 2 unspecified atom stereocenters. The van der Waals surface area contributed by atoms with Crippen molar-refractivity contribution in [2.75, 3.05) is 4.90 Å². The van der Waals surface area contributed by atoms with Gasteiger partial charge in [-0.15, -0.1) is 0 Å². The van der Waals surface area contributed by atoms with E-state index in [9.17, 15) is 38.9 Å². The molecule has 0 saturated heterocycles. The van der Waals surface area contributed by atoms with Crippen LogP contribution in [0.1, 0.15) is 0 Å². The predicted octanol–water partition coefficient (Wildman–Crippen LogP) is 0.985. The SMILES string of the molecule is O=S(=O)(O)C1=CC2N=C3N(c4nc5cc(S(=O)(=O)O)ccc5n4-c4nc5cc(S(=O)(=O)O)ccc5n43)C2C=C1. The summed E-state index contributed by atoms with van der Waals surface area (Å²) >= 11 is 0. The molecule has 4 aromatic rings. The van der Waals surface area contributed by atoms with Gasteiger partial charge in [-0.3, -0.25) is 18.6 Å². The van der Waals surface area contributed by atoms with Gasteiger partial charge < -0.3 is 0 Å². The molecule has 0 bridgehead atoms. The molecule has 0 radical (unpaired) electrons. The maximum Gasteiger partial charge on any atom is 0.294 e. The monoisotopic (exact) mass is 590 g/mol. The number of hydrogen-bond acceptors (Lipinski definition) is 10. The number of fused-ring (bicyclic) bond motifs is 12. The lowest BCUT2D eigenvalue weighted by Gasteiger charge is -2.32. The quantitative estimate of drug-likeness (QED) is 0.285. The van der Waals surface area contributed by atoms with Gasteiger partial charge in [-0.25, -0.2) is 24.1 Å². The Balaban J connectivity index is 1.55. The van der Waals surface area contributed by atoms with Crippen LogP contribution in [0, 0.1) is 0 Å². The Morgan fingerprint density at radius 2 is 1.28 bits per heavy atom. The first kappa shape index (κ1) is 24.1. The number of hydrogen-bond donors (Lipinski definition) is 3. The van der Waals surface area contributed by atoms with Crippen molar-refractivity contribution in [3.8, 4) is 5.95 Å². The van der Waals surface area contributed by atoms with Gasteiger partial charge in [0.15, 0.2) is 0 Å². The fourth-order valence-electron chi connectivity index (χ4n) is 4.99. The number of anilines is 1. The van der Waals surface area contributed by atoms with Gasteiger partial charge in [0.2, 0.25) is 17.9 Å². The first-order chi connectivity index (χ1) is 18.2. The van der Waals surface area contributed by atoms with Crippen LogP contribution in [0.2, 0.25) is 0 Å². The molecule has 0 spiro atoms. The van der Waals surface area contributed by atoms with Gasteiger partial charge in [-0.1, -0.05) is 6.08 Å². The molecule has 2 aliphatic heterocycles. The van der Waals surface area contributed by atoms with E-state index in [4.69, 9.17) is 0 Å². The standard InChI is InChI=1S/C21H14N6O9S3/c28-37(29,30)10-1-4-16-13(7-10)22-19-25(16)20-23-14-8-11(38(31,32)33)2-5-17(14)27(20)21-24-15-9-12(39(34,35)36)3-6-18(15)26(19)21/h1-9,13,16H,(H,28,29,30)(H,31,32,33)(H,34,35,36). The van der Waals surface area contributed by atoms with Gasteiger partial charge in [0.25, 0.3) is 30.4 Å². The summed E-state index contributed by atoms with van der Waals surface area (Å²) in [5, 5.41) is 0. The van der Waals surface area contributed by atoms with E-state index in [0.717, 1.165) is 0 Å². The van der Waals surface area contributed by atoms with Crippen LogP contribution in [0.15, 0.2) is 74.3 Å². The van der Waals surface area contributed by atoms with E-state index in [-0.39, 0.29) is 43.6 Å². The Morgan fingerprint density at radius 1 is 0.718 bits per heavy atom. The van der Waals surface area contributed by atoms with E-state index >= 15 is 0 Å². The van der Waals surface area contributed by atoms with E-state index in [1.54, 1.807) is 14.0 Å². The van der Waals surface area contributed by atoms with Crippen molar-refractivity contribution in [3.05, 3.63) is 59.5 Å². The lowest BCUT2D eigenvalue weighted by atomic mass is 10.0. The van der Waals surface area contributed by atoms with Crippen LogP contribution in [-0.4, -0.2) is 76.1 Å². The van der Waals surface area contributed by atoms with Crippen molar-refractivity contribution in [3.63, 3.8) is 0 Å². The number of aromatic nitrogens is 4. The summed E-state index contributed by atoms with van der Waals surface area (Å²) in [7, 11) is -13.6. The Bertz CT molecular complexity index is 2230. The van der Waals surface area contributed by atoms with Crippen molar-refractivity contribution in [2.24, 2.45) is 4.99 Å². The van der Waals surface area contributed by atoms with E-state index in [2.05, 4.69) is 15.0 Å². The molecule has 39 heavy (non-hydrogen) atoms. The predicted molar refractivity (Wildman–Crippen MR) is 136 cm³/mol. The van der Waals surface area contributed by atoms with Crippen molar-refractivity contribution < 1.29 is 38.9 Å². The summed E-state index contributed by atoms with van der Waals surface area (Å²) in [6.07, 6.45) is 4.04. The normalized spacial score (nSPS) is 20.4. The topological polar surface area (TPSA) is 214 Å². The average molecular weight is 591 g/mol. The molecule has 4 heterocycles. The third kappa shape index (κ3) is 3.43. The number of imidazole rings is 2. The molecule has 200 valence electrons. The fraction of sp³-hybridized carbons (Fsp3) is 0.0952. The third-order valence-electron chi connectivity index (χ3n) is 6.65. The number of allylic oxidation sites excluding steroid dienone is 1. The zero-order valence-corrected chi connectivity index (χ0v) is 21.5. The minimum absolute atomic E-state index is 0.173. The highest BCUT2D eigenvalue weighted by Crippen LogP contribution is 2.40. The molecule has 2 aromatic heterocycles. The summed E-state index contributed by atoms with van der Waals surface area (Å²) in [5.74, 6) is 0.679. The molecule has 3 aliphatic rings. The van der Waals surface area contributed by atoms with Crippen LogP contribution in [0.5, 0.6) is 0 Å². The fourth-order valence-corrected chi connectivity index (χ4v) is 6.56. The minimum atomic E-state index is -4.54. The summed E-state index contributed by atoms with van der Waals surface area (Å²) in [4.78, 5) is 14.3. The Morgan fingerprint density at radius 3 is 1.85 bits per heavy atom. The number of aliphatic imine (C=N–C) groups is 1. The average Bonchev–Trinajstić information content (AvgIpc) is 3.51. The number of nitrogens with zero attached hydrogens (tertiary/aromatic N) is 6. The van der Waals surface area contributed by atoms with Crippen LogP contribution in [-0.2, 0) is 30.4 Å². The molecule has 3 N–H and O–H groups in total. The lowest BCUT2D eigenvalue weighted by molar-refractivity contribution is 0.481. The second-order valence-corrected chi connectivity index (χ2v) is 13.2. The maximum absolute atomic E-state index is 11.8. The molecule has 0 amide bonds. The van der Waals surface area contributed by atoms with Gasteiger partial charge in [-0.2, -0.15) is 25.3 Å². The molecule has 2 aromatic carbocycles. The second kappa shape index (κ2) is 7.37. The van der Waals surface area contributed by atoms with Crippen molar-refractivity contribution in [2.45, 2.75) is 21.9 Å². The summed E-state index contributed by atoms with van der Waals surface area (Å²) in [5.41, 5.74) is 1.13. The molecule has 2 atom stereocenters. The van der Waals surface area contributed by atoms with Crippen molar-refractivity contribution in [1.29, 1.82) is 0 Å². The summed E-state index contributed by atoms with van der Waals surface area (Å²) in [6.45, 7) is 0. The maximum atomic E-state index is 11.8. The molecule has 1 aliphatic carbocycles. The molecule has 18 heteroatoms. The van der Waals surface area contributed by atoms with Crippen LogP contribution in [0.3, 0.4) is 0 Å². The highest BCUT2D eigenvalue weighted by atomic mass is 32.2. The Labute approximate surface area is 219 Å². The molecular weight excluding hydrogens is 576 g/mol. The van der Waals surface area contributed by atoms with E-state index in [1.807, 2.05) is 0 Å². The summed E-state index contributed by atoms with van der Waals surface area (Å²) in [6, 6.07) is 6.18. The van der Waals surface area contributed by atoms with Crippen molar-refractivity contribution >= 4 is 64.3 Å². The zero-order chi connectivity index (χ0) is 27.6. The Hall–Kier alpha value is -3.94. The smallest absolute Gasteiger partial charge is 0.282 e. The molecular formula is C21H14N6O9S3. The van der Waals surface area contributed by atoms with E-state index in [0.29, 0.717) is 11.0 Å². The van der Waals surface area contributed by atoms with Crippen LogP contribution in [0.4, 0.5) is 5.95 Å². The second-order valence-electron chi connectivity index (χ2n) is 8.93. The van der Waals surface area contributed by atoms with Gasteiger partial charge in [0, 0.05) is 0 Å². The molecule has 15 nitrogen and oxygen atoms in total. The van der Waals surface area contributed by atoms with Crippen LogP contribution in [0.25, 0.3) is 28.0 Å². The van der Waals surface area contributed by atoms with Crippen molar-refractivity contribution in [1.82, 2.24) is 19.1 Å². The third-order valence-corrected chi connectivity index (χ3v) is 9.21. The van der Waals surface area contributed by atoms with E-state index in [1.165, 1.54) is 54.6 Å². The minimum Gasteiger partial charge on any atom is -0.282 e. The highest BCUT2D eigenvalue weighted by Gasteiger charge is 2.45.